The first-order chi connectivity index (χ1) is 7.22. The lowest BCUT2D eigenvalue weighted by Gasteiger charge is -2.31. The first-order valence-corrected chi connectivity index (χ1v) is 5.84. The van der Waals surface area contributed by atoms with Gasteiger partial charge in [-0.05, 0) is 51.2 Å². The quantitative estimate of drug-likeness (QED) is 0.627. The zero-order valence-corrected chi connectivity index (χ0v) is 9.32. The Morgan fingerprint density at radius 2 is 2.00 bits per heavy atom. The highest BCUT2D eigenvalue weighted by Gasteiger charge is 2.19. The number of piperidine rings is 1. The molecule has 88 valence electrons. The maximum absolute atomic E-state index is 10.7. The maximum atomic E-state index is 10.7. The minimum Gasteiger partial charge on any atom is -0.396 e. The average molecular weight is 214 g/mol. The molecule has 1 rings (SSSR count). The van der Waals surface area contributed by atoms with Crippen LogP contribution >= 0.6 is 0 Å². The highest BCUT2D eigenvalue weighted by atomic mass is 16.2. The Bertz CT molecular complexity index is 189. The van der Waals surface area contributed by atoms with Gasteiger partial charge in [0.05, 0.1) is 0 Å². The molecule has 0 aromatic heterocycles. The van der Waals surface area contributed by atoms with Gasteiger partial charge in [-0.1, -0.05) is 0 Å². The zero-order valence-electron chi connectivity index (χ0n) is 9.32. The van der Waals surface area contributed by atoms with Crippen molar-refractivity contribution in [2.45, 2.75) is 32.1 Å². The van der Waals surface area contributed by atoms with Crippen LogP contribution in [0.2, 0.25) is 0 Å². The van der Waals surface area contributed by atoms with Gasteiger partial charge in [0.25, 0.3) is 0 Å². The lowest BCUT2D eigenvalue weighted by atomic mass is 9.93. The van der Waals surface area contributed by atoms with Crippen LogP contribution in [0.5, 0.6) is 0 Å². The van der Waals surface area contributed by atoms with E-state index in [1.54, 1.807) is 0 Å². The van der Waals surface area contributed by atoms with Crippen LogP contribution in [0.1, 0.15) is 32.1 Å². The van der Waals surface area contributed by atoms with E-state index in [0.717, 1.165) is 45.3 Å². The second kappa shape index (κ2) is 6.80. The lowest BCUT2D eigenvalue weighted by molar-refractivity contribution is -0.119. The number of hydrogen-bond acceptors (Lipinski definition) is 3. The van der Waals surface area contributed by atoms with Crippen molar-refractivity contribution in [3.8, 4) is 0 Å². The van der Waals surface area contributed by atoms with Gasteiger partial charge in [0.1, 0.15) is 0 Å². The molecule has 1 heterocycles. The van der Waals surface area contributed by atoms with Gasteiger partial charge in [0.15, 0.2) is 0 Å². The number of nitrogens with two attached hydrogens (primary N) is 1. The Kier molecular flexibility index (Phi) is 5.65. The fraction of sp³-hybridized carbons (Fsp3) is 0.909. The van der Waals surface area contributed by atoms with Crippen molar-refractivity contribution < 1.29 is 9.90 Å². The minimum atomic E-state index is -0.172. The molecule has 4 nitrogen and oxygen atoms in total. The van der Waals surface area contributed by atoms with E-state index in [4.69, 9.17) is 10.8 Å². The summed E-state index contributed by atoms with van der Waals surface area (Å²) in [5.41, 5.74) is 5.18. The number of carbonyl (C=O) groups is 1. The second-order valence-corrected chi connectivity index (χ2v) is 4.39. The molecule has 0 saturated carbocycles. The zero-order chi connectivity index (χ0) is 11.1. The number of primary amides is 1. The molecular weight excluding hydrogens is 192 g/mol. The second-order valence-electron chi connectivity index (χ2n) is 4.39. The van der Waals surface area contributed by atoms with E-state index in [2.05, 4.69) is 4.90 Å². The van der Waals surface area contributed by atoms with E-state index < -0.39 is 0 Å². The van der Waals surface area contributed by atoms with Crippen LogP contribution in [0, 0.1) is 5.92 Å². The number of nitrogens with zero attached hydrogens (tertiary/aromatic N) is 1. The number of likely N-dealkylation sites (tertiary alicyclic amines) is 1. The molecule has 1 amide bonds. The molecule has 1 aliphatic rings. The molecule has 0 aromatic carbocycles. The van der Waals surface area contributed by atoms with E-state index in [1.807, 2.05) is 0 Å². The molecule has 3 N–H and O–H groups in total. The molecule has 1 fully saturated rings. The monoisotopic (exact) mass is 214 g/mol. The van der Waals surface area contributed by atoms with Crippen molar-refractivity contribution in [1.29, 1.82) is 0 Å². The standard InChI is InChI=1S/C11H22N2O2/c12-11(15)9-10-3-6-13(7-4-10)5-1-2-8-14/h10,14H,1-9H2,(H2,12,15). The predicted octanol–water partition coefficient (Wildman–Crippen LogP) is 0.346. The molecule has 0 aliphatic carbocycles. The molecule has 0 aromatic rings. The van der Waals surface area contributed by atoms with Gasteiger partial charge in [0, 0.05) is 13.0 Å². The lowest BCUT2D eigenvalue weighted by Crippen LogP contribution is -2.35. The summed E-state index contributed by atoms with van der Waals surface area (Å²) in [6.45, 7) is 3.51. The molecule has 0 bridgehead atoms. The van der Waals surface area contributed by atoms with E-state index in [0.29, 0.717) is 12.3 Å². The first kappa shape index (κ1) is 12.5. The van der Waals surface area contributed by atoms with Gasteiger partial charge in [-0.25, -0.2) is 0 Å². The summed E-state index contributed by atoms with van der Waals surface area (Å²) in [5, 5.41) is 8.67. The smallest absolute Gasteiger partial charge is 0.217 e. The number of amides is 1. The van der Waals surface area contributed by atoms with Gasteiger partial charge in [-0.3, -0.25) is 4.79 Å². The van der Waals surface area contributed by atoms with Crippen molar-refractivity contribution >= 4 is 5.91 Å². The van der Waals surface area contributed by atoms with Crippen molar-refractivity contribution in [3.05, 3.63) is 0 Å². The van der Waals surface area contributed by atoms with E-state index >= 15 is 0 Å². The van der Waals surface area contributed by atoms with E-state index in [1.165, 1.54) is 0 Å². The summed E-state index contributed by atoms with van der Waals surface area (Å²) in [4.78, 5) is 13.2. The van der Waals surface area contributed by atoms with Gasteiger partial charge in [0.2, 0.25) is 5.91 Å². The average Bonchev–Trinajstić information content (AvgIpc) is 2.20. The van der Waals surface area contributed by atoms with Crippen LogP contribution in [0.15, 0.2) is 0 Å². The van der Waals surface area contributed by atoms with Crippen LogP contribution in [0.25, 0.3) is 0 Å². The molecule has 0 unspecified atom stereocenters. The molecule has 0 spiro atoms. The van der Waals surface area contributed by atoms with Gasteiger partial charge in [-0.15, -0.1) is 0 Å². The Morgan fingerprint density at radius 1 is 1.33 bits per heavy atom. The van der Waals surface area contributed by atoms with Crippen molar-refractivity contribution in [1.82, 2.24) is 4.90 Å². The number of aliphatic hydroxyl groups is 1. The van der Waals surface area contributed by atoms with Crippen molar-refractivity contribution in [3.63, 3.8) is 0 Å². The Balaban J connectivity index is 2.10. The summed E-state index contributed by atoms with van der Waals surface area (Å²) in [7, 11) is 0. The third-order valence-corrected chi connectivity index (χ3v) is 3.08. The number of carbonyl (C=O) groups excluding carboxylic acids is 1. The summed E-state index contributed by atoms with van der Waals surface area (Å²) < 4.78 is 0. The summed E-state index contributed by atoms with van der Waals surface area (Å²) in [5.74, 6) is 0.324. The topological polar surface area (TPSA) is 66.6 Å². The third kappa shape index (κ3) is 5.14. The van der Waals surface area contributed by atoms with Gasteiger partial charge in [-0.2, -0.15) is 0 Å². The highest BCUT2D eigenvalue weighted by Crippen LogP contribution is 2.20. The molecule has 15 heavy (non-hydrogen) atoms. The summed E-state index contributed by atoms with van der Waals surface area (Å²) >= 11 is 0. The largest absolute Gasteiger partial charge is 0.396 e. The predicted molar refractivity (Wildman–Crippen MR) is 59.3 cm³/mol. The molecule has 0 radical (unpaired) electrons. The van der Waals surface area contributed by atoms with Crippen LogP contribution in [0.3, 0.4) is 0 Å². The molecule has 0 atom stereocenters. The minimum absolute atomic E-state index is 0.172. The number of unbranched alkanes of at least 4 members (excludes halogenated alkanes) is 1. The van der Waals surface area contributed by atoms with Gasteiger partial charge < -0.3 is 15.7 Å². The van der Waals surface area contributed by atoms with E-state index in [9.17, 15) is 4.79 Å². The summed E-state index contributed by atoms with van der Waals surface area (Å²) in [6.07, 6.45) is 4.67. The van der Waals surface area contributed by atoms with Crippen molar-refractivity contribution in [2.24, 2.45) is 11.7 Å². The SMILES string of the molecule is NC(=O)CC1CCN(CCCCO)CC1. The Morgan fingerprint density at radius 3 is 2.53 bits per heavy atom. The molecule has 1 saturated heterocycles. The molecular formula is C11H22N2O2. The Hall–Kier alpha value is -0.610. The number of rotatable bonds is 6. The van der Waals surface area contributed by atoms with Gasteiger partial charge >= 0.3 is 0 Å². The summed E-state index contributed by atoms with van der Waals surface area (Å²) in [6, 6.07) is 0. The first-order valence-electron chi connectivity index (χ1n) is 5.84. The Labute approximate surface area is 91.4 Å². The highest BCUT2D eigenvalue weighted by molar-refractivity contribution is 5.73. The molecule has 1 aliphatic heterocycles. The van der Waals surface area contributed by atoms with E-state index in [-0.39, 0.29) is 12.5 Å². The van der Waals surface area contributed by atoms with Crippen LogP contribution < -0.4 is 5.73 Å². The number of aliphatic hydroxyl groups excluding tert-OH is 1. The van der Waals surface area contributed by atoms with Crippen LogP contribution in [0.4, 0.5) is 0 Å². The fourth-order valence-electron chi connectivity index (χ4n) is 2.15. The van der Waals surface area contributed by atoms with Crippen LogP contribution in [-0.2, 0) is 4.79 Å². The van der Waals surface area contributed by atoms with Crippen molar-refractivity contribution in [2.75, 3.05) is 26.2 Å². The maximum Gasteiger partial charge on any atom is 0.217 e. The fourth-order valence-corrected chi connectivity index (χ4v) is 2.15. The number of hydrogen-bond donors (Lipinski definition) is 2. The third-order valence-electron chi connectivity index (χ3n) is 3.08. The normalized spacial score (nSPS) is 19.3. The molecule has 4 heteroatoms. The van der Waals surface area contributed by atoms with Crippen LogP contribution in [-0.4, -0.2) is 42.2 Å².